The lowest BCUT2D eigenvalue weighted by Crippen LogP contribution is -1.95. The zero-order chi connectivity index (χ0) is 16.8. The molecule has 3 aromatic carbocycles. The van der Waals surface area contributed by atoms with Crippen molar-refractivity contribution in [2.45, 2.75) is 6.61 Å². The van der Waals surface area contributed by atoms with Crippen molar-refractivity contribution in [3.8, 4) is 17.2 Å². The SMILES string of the molecule is Oc1cc(OCc2ccccc2)ccc1C=Nc1ccccc1O. The van der Waals surface area contributed by atoms with Crippen molar-refractivity contribution >= 4 is 11.9 Å². The van der Waals surface area contributed by atoms with Crippen LogP contribution in [0.25, 0.3) is 0 Å². The number of phenolic OH excluding ortho intramolecular Hbond substituents is 2. The van der Waals surface area contributed by atoms with E-state index >= 15 is 0 Å². The maximum absolute atomic E-state index is 10.1. The maximum Gasteiger partial charge on any atom is 0.141 e. The predicted molar refractivity (Wildman–Crippen MR) is 94.2 cm³/mol. The molecule has 0 aromatic heterocycles. The second-order valence-corrected chi connectivity index (χ2v) is 5.24. The van der Waals surface area contributed by atoms with Gasteiger partial charge in [0.25, 0.3) is 0 Å². The number of aliphatic imine (C=N–C) groups is 1. The molecule has 0 amide bonds. The number of rotatable bonds is 5. The summed E-state index contributed by atoms with van der Waals surface area (Å²) < 4.78 is 5.67. The van der Waals surface area contributed by atoms with Gasteiger partial charge in [0.15, 0.2) is 0 Å². The van der Waals surface area contributed by atoms with Crippen molar-refractivity contribution < 1.29 is 14.9 Å². The second-order valence-electron chi connectivity index (χ2n) is 5.24. The van der Waals surface area contributed by atoms with Crippen molar-refractivity contribution in [1.29, 1.82) is 0 Å². The minimum atomic E-state index is 0.0692. The molecule has 3 rings (SSSR count). The van der Waals surface area contributed by atoms with Crippen molar-refractivity contribution in [2.75, 3.05) is 0 Å². The van der Waals surface area contributed by atoms with Crippen LogP contribution < -0.4 is 4.74 Å². The Morgan fingerprint density at radius 2 is 1.58 bits per heavy atom. The van der Waals surface area contributed by atoms with E-state index in [1.165, 1.54) is 6.21 Å². The van der Waals surface area contributed by atoms with Crippen LogP contribution in [0.2, 0.25) is 0 Å². The summed E-state index contributed by atoms with van der Waals surface area (Å²) in [4.78, 5) is 4.18. The molecule has 0 spiro atoms. The molecule has 0 aliphatic heterocycles. The fraction of sp³-hybridized carbons (Fsp3) is 0.0500. The van der Waals surface area contributed by atoms with Crippen LogP contribution in [0.4, 0.5) is 5.69 Å². The van der Waals surface area contributed by atoms with Gasteiger partial charge in [0.2, 0.25) is 0 Å². The van der Waals surface area contributed by atoms with Gasteiger partial charge in [-0.15, -0.1) is 0 Å². The van der Waals surface area contributed by atoms with E-state index in [1.54, 1.807) is 42.5 Å². The molecule has 0 saturated carbocycles. The Bertz CT molecular complexity index is 845. The van der Waals surface area contributed by atoms with Crippen molar-refractivity contribution in [3.05, 3.63) is 83.9 Å². The molecule has 4 heteroatoms. The summed E-state index contributed by atoms with van der Waals surface area (Å²) in [6.07, 6.45) is 1.51. The molecular weight excluding hydrogens is 302 g/mol. The predicted octanol–water partition coefficient (Wildman–Crippen LogP) is 4.43. The van der Waals surface area contributed by atoms with E-state index in [-0.39, 0.29) is 11.5 Å². The van der Waals surface area contributed by atoms with Crippen molar-refractivity contribution in [2.24, 2.45) is 4.99 Å². The highest BCUT2D eigenvalue weighted by molar-refractivity contribution is 5.86. The standard InChI is InChI=1S/C20H17NO3/c22-19-9-5-4-8-18(19)21-13-16-10-11-17(12-20(16)23)24-14-15-6-2-1-3-7-15/h1-13,22-23H,14H2. The second kappa shape index (κ2) is 7.33. The molecule has 0 saturated heterocycles. The Hall–Kier alpha value is -3.27. The molecule has 0 radical (unpaired) electrons. The van der Waals surface area contributed by atoms with Crippen LogP contribution in [0.3, 0.4) is 0 Å². The quantitative estimate of drug-likeness (QED) is 0.684. The van der Waals surface area contributed by atoms with Gasteiger partial charge >= 0.3 is 0 Å². The summed E-state index contributed by atoms with van der Waals surface area (Å²) in [5, 5.41) is 19.8. The summed E-state index contributed by atoms with van der Waals surface area (Å²) in [5.74, 6) is 0.742. The normalized spacial score (nSPS) is 10.8. The molecule has 4 nitrogen and oxygen atoms in total. The number of aromatic hydroxyl groups is 2. The van der Waals surface area contributed by atoms with Gasteiger partial charge in [0.1, 0.15) is 29.5 Å². The number of hydrogen-bond acceptors (Lipinski definition) is 4. The Balaban J connectivity index is 1.69. The minimum absolute atomic E-state index is 0.0692. The average Bonchev–Trinajstić information content (AvgIpc) is 2.61. The van der Waals surface area contributed by atoms with Crippen molar-refractivity contribution in [3.63, 3.8) is 0 Å². The number of hydrogen-bond donors (Lipinski definition) is 2. The molecule has 0 heterocycles. The molecule has 120 valence electrons. The smallest absolute Gasteiger partial charge is 0.141 e. The Kier molecular flexibility index (Phi) is 4.77. The van der Waals surface area contributed by atoms with Crippen LogP contribution in [0, 0.1) is 0 Å². The van der Waals surface area contributed by atoms with E-state index in [1.807, 2.05) is 30.3 Å². The number of nitrogens with zero attached hydrogens (tertiary/aromatic N) is 1. The highest BCUT2D eigenvalue weighted by atomic mass is 16.5. The van der Waals surface area contributed by atoms with Gasteiger partial charge in [-0.2, -0.15) is 0 Å². The van der Waals surface area contributed by atoms with E-state index in [0.717, 1.165) is 5.56 Å². The van der Waals surface area contributed by atoms with Gasteiger partial charge < -0.3 is 14.9 Å². The monoisotopic (exact) mass is 319 g/mol. The van der Waals surface area contributed by atoms with E-state index < -0.39 is 0 Å². The first-order valence-corrected chi connectivity index (χ1v) is 7.54. The highest BCUT2D eigenvalue weighted by Gasteiger charge is 2.03. The fourth-order valence-corrected chi connectivity index (χ4v) is 2.18. The zero-order valence-corrected chi connectivity index (χ0v) is 13.0. The summed E-state index contributed by atoms with van der Waals surface area (Å²) in [7, 11) is 0. The topological polar surface area (TPSA) is 62.0 Å². The van der Waals surface area contributed by atoms with Crippen LogP contribution >= 0.6 is 0 Å². The first-order valence-electron chi connectivity index (χ1n) is 7.54. The minimum Gasteiger partial charge on any atom is -0.507 e. The molecule has 0 aliphatic rings. The largest absolute Gasteiger partial charge is 0.507 e. The van der Waals surface area contributed by atoms with Crippen LogP contribution in [0.15, 0.2) is 77.8 Å². The van der Waals surface area contributed by atoms with Crippen LogP contribution in [-0.4, -0.2) is 16.4 Å². The Labute approximate surface area is 140 Å². The summed E-state index contributed by atoms with van der Waals surface area (Å²) >= 11 is 0. The third-order valence-electron chi connectivity index (χ3n) is 3.47. The first kappa shape index (κ1) is 15.6. The third-order valence-corrected chi connectivity index (χ3v) is 3.47. The van der Waals surface area contributed by atoms with E-state index in [2.05, 4.69) is 4.99 Å². The number of para-hydroxylation sites is 2. The highest BCUT2D eigenvalue weighted by Crippen LogP contribution is 2.27. The molecule has 0 bridgehead atoms. The molecule has 0 unspecified atom stereocenters. The van der Waals surface area contributed by atoms with Crippen LogP contribution in [0.1, 0.15) is 11.1 Å². The zero-order valence-electron chi connectivity index (χ0n) is 13.0. The Morgan fingerprint density at radius 1 is 0.833 bits per heavy atom. The Morgan fingerprint density at radius 3 is 2.33 bits per heavy atom. The fourth-order valence-electron chi connectivity index (χ4n) is 2.18. The van der Waals surface area contributed by atoms with Crippen molar-refractivity contribution in [1.82, 2.24) is 0 Å². The molecule has 3 aromatic rings. The van der Waals surface area contributed by atoms with Gasteiger partial charge in [-0.25, -0.2) is 0 Å². The van der Waals surface area contributed by atoms with Crippen LogP contribution in [0.5, 0.6) is 17.2 Å². The number of benzene rings is 3. The molecule has 2 N–H and O–H groups in total. The van der Waals surface area contributed by atoms with Gasteiger partial charge in [-0.3, -0.25) is 4.99 Å². The third kappa shape index (κ3) is 3.93. The van der Waals surface area contributed by atoms with Gasteiger partial charge in [0, 0.05) is 17.8 Å². The summed E-state index contributed by atoms with van der Waals surface area (Å²) in [5.41, 5.74) is 2.05. The molecule has 24 heavy (non-hydrogen) atoms. The summed E-state index contributed by atoms with van der Waals surface area (Å²) in [6, 6.07) is 21.6. The lowest BCUT2D eigenvalue weighted by atomic mass is 10.2. The van der Waals surface area contributed by atoms with Gasteiger partial charge in [0.05, 0.1) is 0 Å². The first-order chi connectivity index (χ1) is 11.7. The van der Waals surface area contributed by atoms with E-state index in [9.17, 15) is 10.2 Å². The van der Waals surface area contributed by atoms with E-state index in [0.29, 0.717) is 23.6 Å². The molecular formula is C20H17NO3. The van der Waals surface area contributed by atoms with Crippen LogP contribution in [-0.2, 0) is 6.61 Å². The van der Waals surface area contributed by atoms with Gasteiger partial charge in [-0.1, -0.05) is 42.5 Å². The van der Waals surface area contributed by atoms with Gasteiger partial charge in [-0.05, 0) is 29.8 Å². The lowest BCUT2D eigenvalue weighted by Gasteiger charge is -2.08. The average molecular weight is 319 g/mol. The number of ether oxygens (including phenoxy) is 1. The molecule has 0 atom stereocenters. The number of phenols is 2. The maximum atomic E-state index is 10.1. The summed E-state index contributed by atoms with van der Waals surface area (Å²) in [6.45, 7) is 0.436. The molecule has 0 aliphatic carbocycles. The van der Waals surface area contributed by atoms with E-state index in [4.69, 9.17) is 4.74 Å². The molecule has 0 fully saturated rings. The lowest BCUT2D eigenvalue weighted by molar-refractivity contribution is 0.304.